The number of pyridine rings is 1. The lowest BCUT2D eigenvalue weighted by Crippen LogP contribution is -2.33. The van der Waals surface area contributed by atoms with E-state index in [2.05, 4.69) is 15.6 Å². The Hall–Kier alpha value is -1.49. The van der Waals surface area contributed by atoms with Gasteiger partial charge in [0.05, 0.1) is 16.9 Å². The van der Waals surface area contributed by atoms with E-state index in [1.165, 1.54) is 6.20 Å². The number of rotatable bonds is 6. The van der Waals surface area contributed by atoms with Crippen LogP contribution in [0, 0.1) is 0 Å². The molecular weight excluding hydrogens is 252 g/mol. The van der Waals surface area contributed by atoms with Crippen LogP contribution >= 0.6 is 11.6 Å². The molecule has 100 valence electrons. The molecule has 0 aliphatic heterocycles. The van der Waals surface area contributed by atoms with Gasteiger partial charge in [-0.1, -0.05) is 18.5 Å². The van der Waals surface area contributed by atoms with Gasteiger partial charge in [-0.3, -0.25) is 4.79 Å². The zero-order valence-electron chi connectivity index (χ0n) is 10.7. The van der Waals surface area contributed by atoms with E-state index >= 15 is 0 Å². The minimum Gasteiger partial charge on any atom is -0.397 e. The van der Waals surface area contributed by atoms with Gasteiger partial charge in [0.15, 0.2) is 0 Å². The van der Waals surface area contributed by atoms with E-state index in [9.17, 15) is 4.79 Å². The summed E-state index contributed by atoms with van der Waals surface area (Å²) in [6.45, 7) is 4.49. The molecular formula is C12H19ClN4O. The molecule has 4 N–H and O–H groups in total. The first kappa shape index (κ1) is 14.6. The second kappa shape index (κ2) is 7.06. The molecule has 1 aromatic heterocycles. The number of nitrogen functional groups attached to an aromatic ring is 1. The summed E-state index contributed by atoms with van der Waals surface area (Å²) in [4.78, 5) is 15.6. The summed E-state index contributed by atoms with van der Waals surface area (Å²) >= 11 is 5.95. The molecule has 0 saturated carbocycles. The topological polar surface area (TPSA) is 80.0 Å². The molecule has 0 aliphatic carbocycles. The van der Waals surface area contributed by atoms with Crippen molar-refractivity contribution in [3.63, 3.8) is 0 Å². The highest BCUT2D eigenvalue weighted by atomic mass is 35.5. The van der Waals surface area contributed by atoms with Gasteiger partial charge in [-0.15, -0.1) is 0 Å². The number of nitrogens with zero attached hydrogens (tertiary/aromatic N) is 1. The Labute approximate surface area is 112 Å². The fourth-order valence-corrected chi connectivity index (χ4v) is 1.57. The fraction of sp³-hybridized carbons (Fsp3) is 0.500. The smallest absolute Gasteiger partial charge is 0.221 e. The van der Waals surface area contributed by atoms with E-state index in [1.807, 2.05) is 13.8 Å². The van der Waals surface area contributed by atoms with Crippen molar-refractivity contribution in [2.75, 3.05) is 17.6 Å². The molecule has 1 rings (SSSR count). The molecule has 1 amide bonds. The first-order valence-electron chi connectivity index (χ1n) is 5.97. The zero-order chi connectivity index (χ0) is 13.5. The third-order valence-electron chi connectivity index (χ3n) is 2.53. The van der Waals surface area contributed by atoms with Crippen molar-refractivity contribution in [3.05, 3.63) is 17.3 Å². The molecule has 0 aromatic carbocycles. The maximum atomic E-state index is 11.5. The highest BCUT2D eigenvalue weighted by Crippen LogP contribution is 2.20. The average Bonchev–Trinajstić information content (AvgIpc) is 2.31. The van der Waals surface area contributed by atoms with Crippen molar-refractivity contribution in [1.82, 2.24) is 10.3 Å². The van der Waals surface area contributed by atoms with Crippen LogP contribution in [0.3, 0.4) is 0 Å². The number of carbonyl (C=O) groups excluding carboxylic acids is 1. The number of nitrogens with one attached hydrogen (secondary N) is 2. The van der Waals surface area contributed by atoms with Gasteiger partial charge < -0.3 is 16.4 Å². The minimum absolute atomic E-state index is 0.0171. The number of halogens is 1. The van der Waals surface area contributed by atoms with Gasteiger partial charge in [0.2, 0.25) is 5.91 Å². The number of hydrogen-bond acceptors (Lipinski definition) is 4. The molecule has 0 aliphatic rings. The van der Waals surface area contributed by atoms with Gasteiger partial charge in [0.1, 0.15) is 5.82 Å². The summed E-state index contributed by atoms with van der Waals surface area (Å²) < 4.78 is 0. The number of hydrogen-bond donors (Lipinski definition) is 3. The molecule has 0 saturated heterocycles. The summed E-state index contributed by atoms with van der Waals surface area (Å²) in [6.07, 6.45) is 2.82. The quantitative estimate of drug-likeness (QED) is 0.739. The minimum atomic E-state index is 0.0171. The Bertz CT molecular complexity index is 411. The number of aromatic nitrogens is 1. The third-order valence-corrected chi connectivity index (χ3v) is 2.81. The van der Waals surface area contributed by atoms with Crippen molar-refractivity contribution in [2.24, 2.45) is 0 Å². The van der Waals surface area contributed by atoms with Gasteiger partial charge in [-0.2, -0.15) is 0 Å². The van der Waals surface area contributed by atoms with Gasteiger partial charge in [-0.05, 0) is 19.4 Å². The van der Waals surface area contributed by atoms with E-state index in [0.717, 1.165) is 6.42 Å². The molecule has 5 nitrogen and oxygen atoms in total. The zero-order valence-corrected chi connectivity index (χ0v) is 11.4. The first-order chi connectivity index (χ1) is 8.52. The fourth-order valence-electron chi connectivity index (χ4n) is 1.33. The van der Waals surface area contributed by atoms with Crippen LogP contribution in [0.4, 0.5) is 11.5 Å². The van der Waals surface area contributed by atoms with Crippen molar-refractivity contribution in [3.8, 4) is 0 Å². The Kier molecular flexibility index (Phi) is 5.71. The van der Waals surface area contributed by atoms with Gasteiger partial charge in [0, 0.05) is 19.0 Å². The molecule has 0 bridgehead atoms. The van der Waals surface area contributed by atoms with Crippen LogP contribution in [0.25, 0.3) is 0 Å². The lowest BCUT2D eigenvalue weighted by Gasteiger charge is -2.12. The highest BCUT2D eigenvalue weighted by molar-refractivity contribution is 6.33. The van der Waals surface area contributed by atoms with Crippen LogP contribution < -0.4 is 16.4 Å². The number of nitrogens with two attached hydrogens (primary N) is 1. The summed E-state index contributed by atoms with van der Waals surface area (Å²) in [5, 5.41) is 6.35. The third kappa shape index (κ3) is 4.79. The van der Waals surface area contributed by atoms with Crippen LogP contribution in [-0.2, 0) is 4.79 Å². The van der Waals surface area contributed by atoms with Crippen molar-refractivity contribution in [1.29, 1.82) is 0 Å². The second-order valence-electron chi connectivity index (χ2n) is 4.15. The SMILES string of the molecule is CCC(C)NC(=O)CCNc1ncc(N)cc1Cl. The molecule has 0 fully saturated rings. The highest BCUT2D eigenvalue weighted by Gasteiger charge is 2.06. The summed E-state index contributed by atoms with van der Waals surface area (Å²) in [7, 11) is 0. The normalized spacial score (nSPS) is 11.9. The number of amides is 1. The molecule has 0 spiro atoms. The maximum Gasteiger partial charge on any atom is 0.221 e. The Balaban J connectivity index is 2.35. The monoisotopic (exact) mass is 270 g/mol. The van der Waals surface area contributed by atoms with E-state index in [-0.39, 0.29) is 11.9 Å². The molecule has 0 radical (unpaired) electrons. The molecule has 6 heteroatoms. The van der Waals surface area contributed by atoms with E-state index in [4.69, 9.17) is 17.3 Å². The van der Waals surface area contributed by atoms with Crippen molar-refractivity contribution >= 4 is 29.0 Å². The largest absolute Gasteiger partial charge is 0.397 e. The summed E-state index contributed by atoms with van der Waals surface area (Å²) in [5.74, 6) is 0.561. The Morgan fingerprint density at radius 2 is 2.33 bits per heavy atom. The lowest BCUT2D eigenvalue weighted by molar-refractivity contribution is -0.121. The van der Waals surface area contributed by atoms with Crippen LogP contribution in [0.5, 0.6) is 0 Å². The maximum absolute atomic E-state index is 11.5. The predicted octanol–water partition coefficient (Wildman–Crippen LogP) is 2.03. The van der Waals surface area contributed by atoms with Gasteiger partial charge in [-0.25, -0.2) is 4.98 Å². The van der Waals surface area contributed by atoms with E-state index in [1.54, 1.807) is 6.07 Å². The van der Waals surface area contributed by atoms with Crippen LogP contribution in [0.1, 0.15) is 26.7 Å². The van der Waals surface area contributed by atoms with Gasteiger partial charge >= 0.3 is 0 Å². The van der Waals surface area contributed by atoms with Gasteiger partial charge in [0.25, 0.3) is 0 Å². The summed E-state index contributed by atoms with van der Waals surface area (Å²) in [5.41, 5.74) is 6.05. The predicted molar refractivity (Wildman–Crippen MR) is 74.7 cm³/mol. The number of carbonyl (C=O) groups is 1. The van der Waals surface area contributed by atoms with Crippen LogP contribution in [-0.4, -0.2) is 23.5 Å². The molecule has 1 unspecified atom stereocenters. The first-order valence-corrected chi connectivity index (χ1v) is 6.35. The summed E-state index contributed by atoms with van der Waals surface area (Å²) in [6, 6.07) is 1.83. The Morgan fingerprint density at radius 3 is 2.94 bits per heavy atom. The second-order valence-corrected chi connectivity index (χ2v) is 4.56. The molecule has 1 aromatic rings. The van der Waals surface area contributed by atoms with E-state index in [0.29, 0.717) is 29.5 Å². The van der Waals surface area contributed by atoms with Crippen LogP contribution in [0.15, 0.2) is 12.3 Å². The van der Waals surface area contributed by atoms with E-state index < -0.39 is 0 Å². The number of anilines is 2. The van der Waals surface area contributed by atoms with Crippen molar-refractivity contribution < 1.29 is 4.79 Å². The standard InChI is InChI=1S/C12H19ClN4O/c1-3-8(2)17-11(18)4-5-15-12-10(13)6-9(14)7-16-12/h6-8H,3-5,14H2,1-2H3,(H,15,16)(H,17,18). The Morgan fingerprint density at radius 1 is 1.61 bits per heavy atom. The average molecular weight is 271 g/mol. The molecule has 1 atom stereocenters. The molecule has 18 heavy (non-hydrogen) atoms. The van der Waals surface area contributed by atoms with Crippen molar-refractivity contribution in [2.45, 2.75) is 32.7 Å². The molecule has 1 heterocycles. The van der Waals surface area contributed by atoms with Crippen LogP contribution in [0.2, 0.25) is 5.02 Å². The lowest BCUT2D eigenvalue weighted by atomic mass is 10.2.